The van der Waals surface area contributed by atoms with Gasteiger partial charge in [-0.3, -0.25) is 0 Å². The van der Waals surface area contributed by atoms with Gasteiger partial charge in [-0.2, -0.15) is 0 Å². The van der Waals surface area contributed by atoms with E-state index in [0.717, 1.165) is 40.5 Å². The van der Waals surface area contributed by atoms with E-state index in [-0.39, 0.29) is 10.6 Å². The molecule has 0 radical (unpaired) electrons. The van der Waals surface area contributed by atoms with Crippen molar-refractivity contribution in [1.29, 1.82) is 0 Å². The first-order valence-corrected chi connectivity index (χ1v) is 6.73. The van der Waals surface area contributed by atoms with Crippen molar-refractivity contribution in [1.82, 2.24) is 9.97 Å². The number of rotatable bonds is 2. The Balaban J connectivity index is 2.01. The van der Waals surface area contributed by atoms with Crippen LogP contribution in [0.3, 0.4) is 0 Å². The molecular formula is C14H11F2N3S. The highest BCUT2D eigenvalue weighted by molar-refractivity contribution is 7.99. The summed E-state index contributed by atoms with van der Waals surface area (Å²) in [5.74, 6) is -1.38. The van der Waals surface area contributed by atoms with Crippen molar-refractivity contribution in [2.75, 3.05) is 5.73 Å². The van der Waals surface area contributed by atoms with E-state index in [4.69, 9.17) is 5.73 Å². The van der Waals surface area contributed by atoms with Gasteiger partial charge in [0, 0.05) is 5.69 Å². The number of nitrogens with two attached hydrogens (primary N) is 1. The number of nitrogens with one attached hydrogen (secondary N) is 1. The van der Waals surface area contributed by atoms with Crippen molar-refractivity contribution in [3.63, 3.8) is 0 Å². The standard InChI is InChI=1S/C14H11F2N3S/c1-7-2-3-11-12(4-7)19-14(18-11)20-13-9(15)5-8(17)6-10(13)16/h2-6H,17H2,1H3,(H,18,19). The predicted molar refractivity (Wildman–Crippen MR) is 75.7 cm³/mol. The molecule has 6 heteroatoms. The summed E-state index contributed by atoms with van der Waals surface area (Å²) in [7, 11) is 0. The fraction of sp³-hybridized carbons (Fsp3) is 0.0714. The molecule has 3 aromatic rings. The summed E-state index contributed by atoms with van der Waals surface area (Å²) in [6.45, 7) is 1.96. The molecule has 0 bridgehead atoms. The van der Waals surface area contributed by atoms with Gasteiger partial charge in [0.2, 0.25) is 0 Å². The maximum Gasteiger partial charge on any atom is 0.171 e. The SMILES string of the molecule is Cc1ccc2nc(Sc3c(F)cc(N)cc3F)[nH]c2c1. The van der Waals surface area contributed by atoms with Crippen molar-refractivity contribution in [2.45, 2.75) is 17.0 Å². The van der Waals surface area contributed by atoms with Gasteiger partial charge in [-0.15, -0.1) is 0 Å². The van der Waals surface area contributed by atoms with Crippen molar-refractivity contribution < 1.29 is 8.78 Å². The summed E-state index contributed by atoms with van der Waals surface area (Å²) in [4.78, 5) is 7.22. The molecule has 1 heterocycles. The fourth-order valence-corrected chi connectivity index (χ4v) is 2.73. The van der Waals surface area contributed by atoms with Gasteiger partial charge in [0.15, 0.2) is 5.16 Å². The first-order valence-electron chi connectivity index (χ1n) is 5.91. The number of aromatic nitrogens is 2. The molecule has 0 amide bonds. The molecule has 1 aromatic heterocycles. The number of aryl methyl sites for hydroxylation is 1. The normalized spacial score (nSPS) is 11.2. The highest BCUT2D eigenvalue weighted by Crippen LogP contribution is 2.32. The van der Waals surface area contributed by atoms with E-state index in [1.807, 2.05) is 25.1 Å². The molecule has 0 aliphatic heterocycles. The van der Waals surface area contributed by atoms with Crippen molar-refractivity contribution in [3.8, 4) is 0 Å². The summed E-state index contributed by atoms with van der Waals surface area (Å²) in [5.41, 5.74) is 8.13. The zero-order chi connectivity index (χ0) is 14.3. The zero-order valence-electron chi connectivity index (χ0n) is 10.6. The highest BCUT2D eigenvalue weighted by Gasteiger charge is 2.14. The Kier molecular flexibility index (Phi) is 3.10. The number of H-pyrrole nitrogens is 1. The van der Waals surface area contributed by atoms with E-state index in [1.165, 1.54) is 0 Å². The van der Waals surface area contributed by atoms with Gasteiger partial charge in [-0.05, 0) is 48.5 Å². The lowest BCUT2D eigenvalue weighted by atomic mass is 10.2. The third kappa shape index (κ3) is 2.34. The minimum absolute atomic E-state index is 0.0598. The van der Waals surface area contributed by atoms with E-state index in [9.17, 15) is 8.78 Å². The molecule has 0 saturated carbocycles. The van der Waals surface area contributed by atoms with Gasteiger partial charge in [-0.25, -0.2) is 13.8 Å². The number of hydrogen-bond donors (Lipinski definition) is 2. The first kappa shape index (κ1) is 12.9. The molecular weight excluding hydrogens is 280 g/mol. The lowest BCUT2D eigenvalue weighted by Crippen LogP contribution is -1.93. The average molecular weight is 291 g/mol. The monoisotopic (exact) mass is 291 g/mol. The van der Waals surface area contributed by atoms with Gasteiger partial charge in [0.05, 0.1) is 15.9 Å². The number of imidazole rings is 1. The van der Waals surface area contributed by atoms with E-state index in [0.29, 0.717) is 5.16 Å². The second kappa shape index (κ2) is 4.79. The van der Waals surface area contributed by atoms with E-state index in [2.05, 4.69) is 9.97 Å². The fourth-order valence-electron chi connectivity index (χ4n) is 1.92. The van der Waals surface area contributed by atoms with Crippen LogP contribution in [0, 0.1) is 18.6 Å². The Bertz CT molecular complexity index is 775. The molecule has 0 aliphatic rings. The van der Waals surface area contributed by atoms with Crippen LogP contribution in [-0.4, -0.2) is 9.97 Å². The molecule has 3 N–H and O–H groups in total. The van der Waals surface area contributed by atoms with Crippen molar-refractivity contribution in [2.24, 2.45) is 0 Å². The lowest BCUT2D eigenvalue weighted by Gasteiger charge is -2.03. The Labute approximate surface area is 118 Å². The maximum absolute atomic E-state index is 13.7. The summed E-state index contributed by atoms with van der Waals surface area (Å²) >= 11 is 0.909. The largest absolute Gasteiger partial charge is 0.399 e. The van der Waals surface area contributed by atoms with Crippen LogP contribution in [0.2, 0.25) is 0 Å². The molecule has 0 atom stereocenters. The summed E-state index contributed by atoms with van der Waals surface area (Å²) < 4.78 is 27.5. The first-order chi connectivity index (χ1) is 9.52. The molecule has 0 fully saturated rings. The summed E-state index contributed by atoms with van der Waals surface area (Å²) in [5, 5.41) is 0.438. The second-order valence-corrected chi connectivity index (χ2v) is 5.48. The molecule has 0 aliphatic carbocycles. The highest BCUT2D eigenvalue weighted by atomic mass is 32.2. The van der Waals surface area contributed by atoms with Crippen LogP contribution in [0.25, 0.3) is 11.0 Å². The lowest BCUT2D eigenvalue weighted by molar-refractivity contribution is 0.541. The number of anilines is 1. The van der Waals surface area contributed by atoms with Gasteiger partial charge in [0.25, 0.3) is 0 Å². The summed E-state index contributed by atoms with van der Waals surface area (Å²) in [6.07, 6.45) is 0. The van der Waals surface area contributed by atoms with Gasteiger partial charge in [0.1, 0.15) is 11.6 Å². The number of nitrogen functional groups attached to an aromatic ring is 1. The third-order valence-electron chi connectivity index (χ3n) is 2.84. The number of halogens is 2. The number of aromatic amines is 1. The smallest absolute Gasteiger partial charge is 0.171 e. The number of fused-ring (bicyclic) bond motifs is 1. The molecule has 0 spiro atoms. The molecule has 20 heavy (non-hydrogen) atoms. The van der Waals surface area contributed by atoms with Crippen molar-refractivity contribution >= 4 is 28.5 Å². The molecule has 0 unspecified atom stereocenters. The minimum atomic E-state index is -0.691. The topological polar surface area (TPSA) is 54.7 Å². The summed E-state index contributed by atoms with van der Waals surface area (Å²) in [6, 6.07) is 7.92. The second-order valence-electron chi connectivity index (χ2n) is 4.48. The predicted octanol–water partition coefficient (Wildman–Crippen LogP) is 3.88. The molecule has 102 valence electrons. The number of benzene rings is 2. The Morgan fingerprint density at radius 1 is 1.15 bits per heavy atom. The van der Waals surface area contributed by atoms with Crippen LogP contribution in [0.15, 0.2) is 40.4 Å². The van der Waals surface area contributed by atoms with E-state index >= 15 is 0 Å². The van der Waals surface area contributed by atoms with Crippen LogP contribution in [0.5, 0.6) is 0 Å². The Hall–Kier alpha value is -2.08. The van der Waals surface area contributed by atoms with Crippen LogP contribution < -0.4 is 5.73 Å². The van der Waals surface area contributed by atoms with E-state index in [1.54, 1.807) is 0 Å². The Morgan fingerprint density at radius 3 is 2.55 bits per heavy atom. The maximum atomic E-state index is 13.7. The van der Waals surface area contributed by atoms with Gasteiger partial charge >= 0.3 is 0 Å². The van der Waals surface area contributed by atoms with Gasteiger partial charge < -0.3 is 10.7 Å². The Morgan fingerprint density at radius 2 is 1.85 bits per heavy atom. The zero-order valence-corrected chi connectivity index (χ0v) is 11.4. The quantitative estimate of drug-likeness (QED) is 0.704. The molecule has 3 nitrogen and oxygen atoms in total. The van der Waals surface area contributed by atoms with E-state index < -0.39 is 11.6 Å². The van der Waals surface area contributed by atoms with Crippen LogP contribution in [-0.2, 0) is 0 Å². The van der Waals surface area contributed by atoms with Crippen molar-refractivity contribution in [3.05, 3.63) is 47.5 Å². The van der Waals surface area contributed by atoms with Crippen LogP contribution in [0.4, 0.5) is 14.5 Å². The number of nitrogens with zero attached hydrogens (tertiary/aromatic N) is 1. The van der Waals surface area contributed by atoms with Crippen LogP contribution in [0.1, 0.15) is 5.56 Å². The third-order valence-corrected chi connectivity index (χ3v) is 3.82. The molecule has 3 rings (SSSR count). The minimum Gasteiger partial charge on any atom is -0.399 e. The molecule has 0 saturated heterocycles. The number of hydrogen-bond acceptors (Lipinski definition) is 3. The molecule has 2 aromatic carbocycles. The average Bonchev–Trinajstić information content (AvgIpc) is 2.75. The van der Waals surface area contributed by atoms with Gasteiger partial charge in [-0.1, -0.05) is 6.07 Å². The van der Waals surface area contributed by atoms with Crippen LogP contribution >= 0.6 is 11.8 Å².